The number of ether oxygens (including phenoxy) is 2. The van der Waals surface area contributed by atoms with Gasteiger partial charge in [-0.05, 0) is 35.9 Å². The Morgan fingerprint density at radius 2 is 2.04 bits per heavy atom. The van der Waals surface area contributed by atoms with Crippen molar-refractivity contribution in [3.05, 3.63) is 73.9 Å². The minimum Gasteiger partial charge on any atom is -0.498 e. The lowest BCUT2D eigenvalue weighted by molar-refractivity contribution is 0.00697. The van der Waals surface area contributed by atoms with Crippen LogP contribution in [-0.4, -0.2) is 40.9 Å². The number of halogens is 1. The topological polar surface area (TPSA) is 73.1 Å². The molecule has 2 aromatic heterocycles. The number of fused-ring (bicyclic) bond motifs is 1. The van der Waals surface area contributed by atoms with E-state index >= 15 is 0 Å². The highest BCUT2D eigenvalue weighted by atomic mass is 35.5. The average molecular weight is 417 g/mol. The van der Waals surface area contributed by atoms with Gasteiger partial charge in [-0.2, -0.15) is 0 Å². The van der Waals surface area contributed by atoms with E-state index in [0.717, 1.165) is 11.1 Å². The first-order valence-corrected chi connectivity index (χ1v) is 9.67. The summed E-state index contributed by atoms with van der Waals surface area (Å²) in [7, 11) is 3.00. The highest BCUT2D eigenvalue weighted by Gasteiger charge is 2.26. The van der Waals surface area contributed by atoms with Gasteiger partial charge in [0.25, 0.3) is 5.56 Å². The summed E-state index contributed by atoms with van der Waals surface area (Å²) in [5, 5.41) is 10.8. The van der Waals surface area contributed by atoms with Gasteiger partial charge in [-0.25, -0.2) is 4.98 Å². The van der Waals surface area contributed by atoms with Crippen LogP contribution in [0.2, 0.25) is 5.02 Å². The van der Waals surface area contributed by atoms with Crippen LogP contribution < -0.4 is 10.1 Å². The van der Waals surface area contributed by atoms with Crippen molar-refractivity contribution in [1.82, 2.24) is 9.38 Å². The quantitative estimate of drug-likeness (QED) is 0.707. The molecule has 1 aliphatic carbocycles. The highest BCUT2D eigenvalue weighted by Crippen LogP contribution is 2.23. The molecule has 144 valence electrons. The molecule has 28 heavy (non-hydrogen) atoms. The number of hydrogen-bond acceptors (Lipinski definition) is 6. The van der Waals surface area contributed by atoms with Gasteiger partial charge in [-0.3, -0.25) is 9.20 Å². The molecule has 0 fully saturated rings. The molecule has 0 radical (unpaired) electrons. The Balaban J connectivity index is 1.75. The van der Waals surface area contributed by atoms with Crippen LogP contribution in [0.4, 0.5) is 0 Å². The maximum atomic E-state index is 12.8. The van der Waals surface area contributed by atoms with Gasteiger partial charge in [0.1, 0.15) is 18.0 Å². The summed E-state index contributed by atoms with van der Waals surface area (Å²) in [5.41, 5.74) is 2.19. The molecule has 0 aliphatic heterocycles. The molecule has 6 nitrogen and oxygen atoms in total. The predicted octanol–water partition coefficient (Wildman–Crippen LogP) is 2.42. The van der Waals surface area contributed by atoms with Crippen molar-refractivity contribution < 1.29 is 14.6 Å². The largest absolute Gasteiger partial charge is 0.498 e. The lowest BCUT2D eigenvalue weighted by atomic mass is 10.00. The second-order valence-electron chi connectivity index (χ2n) is 6.26. The summed E-state index contributed by atoms with van der Waals surface area (Å²) < 4.78 is 12.6. The van der Waals surface area contributed by atoms with Gasteiger partial charge in [-0.1, -0.05) is 35.1 Å². The van der Waals surface area contributed by atoms with Crippen molar-refractivity contribution in [2.75, 3.05) is 14.2 Å². The third kappa shape index (κ3) is 3.38. The average Bonchev–Trinajstić information content (AvgIpc) is 3.23. The molecule has 0 spiro atoms. The Labute approximate surface area is 169 Å². The molecule has 3 aromatic rings. The zero-order chi connectivity index (χ0) is 19.8. The Hall–Kier alpha value is -2.45. The molecule has 2 heterocycles. The first kappa shape index (κ1) is 18.9. The lowest BCUT2D eigenvalue weighted by Crippen LogP contribution is -2.31. The maximum Gasteiger partial charge on any atom is 0.274 e. The van der Waals surface area contributed by atoms with Crippen LogP contribution in [-0.2, 0) is 9.47 Å². The van der Waals surface area contributed by atoms with E-state index in [-0.39, 0.29) is 5.56 Å². The zero-order valence-corrected chi connectivity index (χ0v) is 16.7. The Morgan fingerprint density at radius 1 is 1.29 bits per heavy atom. The first-order valence-electron chi connectivity index (χ1n) is 8.48. The summed E-state index contributed by atoms with van der Waals surface area (Å²) in [6, 6.07) is 7.31. The normalized spacial score (nSPS) is 20.4. The smallest absolute Gasteiger partial charge is 0.274 e. The van der Waals surface area contributed by atoms with Gasteiger partial charge in [0.15, 0.2) is 4.96 Å². The van der Waals surface area contributed by atoms with Gasteiger partial charge in [0.05, 0.1) is 17.3 Å². The number of thiazole rings is 1. The molecule has 1 aromatic carbocycles. The Morgan fingerprint density at radius 3 is 2.68 bits per heavy atom. The van der Waals surface area contributed by atoms with Gasteiger partial charge in [-0.15, -0.1) is 0 Å². The summed E-state index contributed by atoms with van der Waals surface area (Å²) in [6.45, 7) is 0. The Bertz CT molecular complexity index is 1190. The highest BCUT2D eigenvalue weighted by molar-refractivity contribution is 7.15. The molecular weight excluding hydrogens is 400 g/mol. The van der Waals surface area contributed by atoms with E-state index in [9.17, 15) is 9.90 Å². The molecule has 1 aliphatic rings. The summed E-state index contributed by atoms with van der Waals surface area (Å²) in [6.07, 6.45) is 5.52. The van der Waals surface area contributed by atoms with Gasteiger partial charge >= 0.3 is 0 Å². The predicted molar refractivity (Wildman–Crippen MR) is 109 cm³/mol. The van der Waals surface area contributed by atoms with Crippen LogP contribution in [0.1, 0.15) is 0 Å². The van der Waals surface area contributed by atoms with Crippen LogP contribution >= 0.6 is 22.9 Å². The monoisotopic (exact) mass is 416 g/mol. The molecule has 8 heteroatoms. The van der Waals surface area contributed by atoms with Crippen molar-refractivity contribution in [2.45, 2.75) is 12.2 Å². The number of nitrogens with zero attached hydrogens (tertiary/aromatic N) is 2. The minimum atomic E-state index is -0.874. The fourth-order valence-electron chi connectivity index (χ4n) is 3.05. The molecule has 1 N–H and O–H groups in total. The van der Waals surface area contributed by atoms with Crippen molar-refractivity contribution in [2.24, 2.45) is 0 Å². The lowest BCUT2D eigenvalue weighted by Gasteiger charge is -2.24. The number of hydrogen-bond donors (Lipinski definition) is 1. The van der Waals surface area contributed by atoms with Crippen LogP contribution in [0.15, 0.2) is 58.7 Å². The molecule has 0 bridgehead atoms. The molecule has 2 atom stereocenters. The Kier molecular flexibility index (Phi) is 5.07. The molecule has 0 saturated carbocycles. The van der Waals surface area contributed by atoms with E-state index in [1.165, 1.54) is 30.0 Å². The summed E-state index contributed by atoms with van der Waals surface area (Å²) >= 11 is 7.22. The van der Waals surface area contributed by atoms with Crippen LogP contribution in [0.3, 0.4) is 0 Å². The van der Waals surface area contributed by atoms with Gasteiger partial charge in [0.2, 0.25) is 0 Å². The van der Waals surface area contributed by atoms with Crippen molar-refractivity contribution in [1.29, 1.82) is 0 Å². The molecule has 0 amide bonds. The van der Waals surface area contributed by atoms with E-state index in [1.807, 2.05) is 12.1 Å². The second-order valence-corrected chi connectivity index (χ2v) is 7.71. The number of methoxy groups -OCH3 is 2. The van der Waals surface area contributed by atoms with Gasteiger partial charge < -0.3 is 14.6 Å². The third-order valence-corrected chi connectivity index (χ3v) is 5.75. The molecule has 2 unspecified atom stereocenters. The van der Waals surface area contributed by atoms with Gasteiger partial charge in [0, 0.05) is 23.9 Å². The standard InChI is InChI=1S/C20H17ClN2O4S/c1-26-15-7-11(8-16(27-2)18(15)24)9-17-19(25)23-10-14(22-20(23)28-17)12-3-5-13(21)6-4-12/h3-10,15,18,24H,1-2H3. The van der Waals surface area contributed by atoms with Crippen molar-refractivity contribution >= 4 is 34.0 Å². The van der Waals surface area contributed by atoms with Crippen LogP contribution in [0.5, 0.6) is 0 Å². The summed E-state index contributed by atoms with van der Waals surface area (Å²) in [5.74, 6) is 0.388. The zero-order valence-electron chi connectivity index (χ0n) is 15.1. The summed E-state index contributed by atoms with van der Waals surface area (Å²) in [4.78, 5) is 18.0. The second kappa shape index (κ2) is 7.52. The minimum absolute atomic E-state index is 0.152. The van der Waals surface area contributed by atoms with E-state index in [2.05, 4.69) is 4.98 Å². The third-order valence-electron chi connectivity index (χ3n) is 4.52. The van der Waals surface area contributed by atoms with E-state index < -0.39 is 12.2 Å². The van der Waals surface area contributed by atoms with Crippen molar-refractivity contribution in [3.8, 4) is 11.3 Å². The number of aromatic nitrogens is 2. The fraction of sp³-hybridized carbons (Fsp3) is 0.200. The van der Waals surface area contributed by atoms with Crippen LogP contribution in [0.25, 0.3) is 22.3 Å². The molecular formula is C20H17ClN2O4S. The number of aliphatic hydroxyl groups excluding tert-OH is 1. The van der Waals surface area contributed by atoms with E-state index in [0.29, 0.717) is 26.0 Å². The number of aliphatic hydroxyl groups is 1. The van der Waals surface area contributed by atoms with Crippen LogP contribution in [0, 0.1) is 0 Å². The molecule has 4 rings (SSSR count). The number of rotatable bonds is 4. The number of allylic oxidation sites excluding steroid dienone is 2. The SMILES string of the molecule is COC1=CC(C=c2sc3nc(-c4ccc(Cl)cc4)cn3c2=O)=CC(OC)C1O. The molecule has 0 saturated heterocycles. The first-order chi connectivity index (χ1) is 13.5. The van der Waals surface area contributed by atoms with E-state index in [1.54, 1.807) is 36.6 Å². The van der Waals surface area contributed by atoms with E-state index in [4.69, 9.17) is 21.1 Å². The van der Waals surface area contributed by atoms with Crippen molar-refractivity contribution in [3.63, 3.8) is 0 Å². The maximum absolute atomic E-state index is 12.8. The number of benzene rings is 1. The fourth-order valence-corrected chi connectivity index (χ4v) is 4.13. The number of imidazole rings is 1.